The largest absolute Gasteiger partial charge is 0.479 e. The molecule has 120 valence electrons. The van der Waals surface area contributed by atoms with Gasteiger partial charge >= 0.3 is 12.0 Å². The van der Waals surface area contributed by atoms with Crippen LogP contribution in [0.5, 0.6) is 0 Å². The third kappa shape index (κ3) is 4.31. The first-order valence-electron chi connectivity index (χ1n) is 7.64. The van der Waals surface area contributed by atoms with E-state index >= 15 is 0 Å². The number of carbonyl (C=O) groups excluding carboxylic acids is 1. The summed E-state index contributed by atoms with van der Waals surface area (Å²) in [5.74, 6) is -1.26. The second-order valence-corrected chi connectivity index (χ2v) is 6.12. The quantitative estimate of drug-likeness (QED) is 0.578. The number of fused-ring (bicyclic) bond motifs is 2. The maximum atomic E-state index is 11.8. The van der Waals surface area contributed by atoms with E-state index in [1.54, 1.807) is 0 Å². The Morgan fingerprint density at radius 2 is 1.90 bits per heavy atom. The van der Waals surface area contributed by atoms with E-state index in [9.17, 15) is 9.59 Å². The molecule has 4 N–H and O–H groups in total. The molecule has 2 heterocycles. The van der Waals surface area contributed by atoms with Crippen LogP contribution in [0.15, 0.2) is 0 Å². The van der Waals surface area contributed by atoms with Crippen LogP contribution in [0.4, 0.5) is 4.79 Å². The highest BCUT2D eigenvalue weighted by Crippen LogP contribution is 2.32. The number of hydrogen-bond acceptors (Lipinski definition) is 4. The van der Waals surface area contributed by atoms with Gasteiger partial charge in [-0.2, -0.15) is 0 Å². The maximum absolute atomic E-state index is 11.8. The Hall–Kier alpha value is -1.34. The lowest BCUT2D eigenvalue weighted by atomic mass is 9.82. The number of nitrogens with one attached hydrogen (secondary N) is 2. The van der Waals surface area contributed by atoms with Gasteiger partial charge in [0.1, 0.15) is 0 Å². The lowest BCUT2D eigenvalue weighted by molar-refractivity contribution is -0.146. The number of carboxylic acids is 1. The van der Waals surface area contributed by atoms with Crippen molar-refractivity contribution in [2.45, 2.75) is 62.8 Å². The van der Waals surface area contributed by atoms with Gasteiger partial charge < -0.3 is 25.7 Å². The van der Waals surface area contributed by atoms with Gasteiger partial charge in [0, 0.05) is 31.1 Å². The molecule has 2 aliphatic rings. The maximum Gasteiger partial charge on any atom is 0.332 e. The summed E-state index contributed by atoms with van der Waals surface area (Å²) in [6.07, 6.45) is 4.19. The highest BCUT2D eigenvalue weighted by molar-refractivity contribution is 5.74. The molecule has 0 aromatic carbocycles. The number of carbonyl (C=O) groups is 2. The monoisotopic (exact) mass is 299 g/mol. The molecule has 3 atom stereocenters. The van der Waals surface area contributed by atoms with Crippen molar-refractivity contribution < 1.29 is 19.8 Å². The van der Waals surface area contributed by atoms with Crippen molar-refractivity contribution in [2.75, 3.05) is 13.6 Å². The molecule has 2 bridgehead atoms. The summed E-state index contributed by atoms with van der Waals surface area (Å²) < 4.78 is 0. The molecule has 2 amide bonds. The number of rotatable bonds is 5. The van der Waals surface area contributed by atoms with Gasteiger partial charge in [-0.15, -0.1) is 0 Å². The molecule has 7 heteroatoms. The predicted molar refractivity (Wildman–Crippen MR) is 77.0 cm³/mol. The fourth-order valence-electron chi connectivity index (χ4n) is 3.42. The highest BCUT2D eigenvalue weighted by Gasteiger charge is 2.36. The minimum atomic E-state index is -1.42. The molecule has 0 saturated carbocycles. The number of piperidine rings is 2. The first kappa shape index (κ1) is 16.0. The normalized spacial score (nSPS) is 30.5. The third-order valence-corrected chi connectivity index (χ3v) is 4.66. The molecule has 0 radical (unpaired) electrons. The third-order valence-electron chi connectivity index (χ3n) is 4.66. The summed E-state index contributed by atoms with van der Waals surface area (Å²) in [6, 6.07) is 1.01. The van der Waals surface area contributed by atoms with Gasteiger partial charge in [0.05, 0.1) is 0 Å². The van der Waals surface area contributed by atoms with Crippen molar-refractivity contribution in [3.63, 3.8) is 0 Å². The Morgan fingerprint density at radius 3 is 2.48 bits per heavy atom. The molecule has 21 heavy (non-hydrogen) atoms. The minimum absolute atomic E-state index is 0.0153. The Kier molecular flexibility index (Phi) is 5.41. The van der Waals surface area contributed by atoms with Crippen LogP contribution in [0.25, 0.3) is 0 Å². The Morgan fingerprint density at radius 1 is 1.29 bits per heavy atom. The van der Waals surface area contributed by atoms with Crippen LogP contribution in [-0.2, 0) is 4.79 Å². The van der Waals surface area contributed by atoms with Crippen LogP contribution in [0.2, 0.25) is 0 Å². The number of urea groups is 1. The number of hydrogen-bond donors (Lipinski definition) is 4. The van der Waals surface area contributed by atoms with Gasteiger partial charge in [-0.25, -0.2) is 9.59 Å². The summed E-state index contributed by atoms with van der Waals surface area (Å²) in [5.41, 5.74) is 0. The number of aliphatic hydroxyl groups excluding tert-OH is 1. The van der Waals surface area contributed by atoms with E-state index in [0.717, 1.165) is 12.8 Å². The standard InChI is InChI=1S/C14H25N3O4/c1-17-10-3-2-4-11(17)8-9(7-10)16-14(21)15-6-5-12(18)13(19)20/h9-12,18H,2-8H2,1H3,(H,19,20)(H2,15,16,21). The van der Waals surface area contributed by atoms with Gasteiger partial charge in [0.15, 0.2) is 6.10 Å². The second kappa shape index (κ2) is 7.09. The molecule has 0 aliphatic carbocycles. The van der Waals surface area contributed by atoms with Crippen LogP contribution in [0.1, 0.15) is 38.5 Å². The molecule has 7 nitrogen and oxygen atoms in total. The molecule has 0 aromatic heterocycles. The van der Waals surface area contributed by atoms with Crippen molar-refractivity contribution in [3.05, 3.63) is 0 Å². The topological polar surface area (TPSA) is 102 Å². The van der Waals surface area contributed by atoms with Crippen molar-refractivity contribution in [3.8, 4) is 0 Å². The minimum Gasteiger partial charge on any atom is -0.479 e. The van der Waals surface area contributed by atoms with Crippen molar-refractivity contribution in [2.24, 2.45) is 0 Å². The molecule has 2 fully saturated rings. The Balaban J connectivity index is 1.70. The zero-order valence-corrected chi connectivity index (χ0v) is 12.4. The van der Waals surface area contributed by atoms with E-state index in [0.29, 0.717) is 12.1 Å². The van der Waals surface area contributed by atoms with Gasteiger partial charge in [-0.05, 0) is 32.7 Å². The fourth-order valence-corrected chi connectivity index (χ4v) is 3.42. The van der Waals surface area contributed by atoms with E-state index in [1.165, 1.54) is 19.3 Å². The lowest BCUT2D eigenvalue weighted by Crippen LogP contribution is -2.56. The number of carboxylic acid groups (broad SMARTS) is 1. The molecule has 0 aromatic rings. The highest BCUT2D eigenvalue weighted by atomic mass is 16.4. The van der Waals surface area contributed by atoms with Crippen molar-refractivity contribution >= 4 is 12.0 Å². The molecular weight excluding hydrogens is 274 g/mol. The van der Waals surface area contributed by atoms with E-state index < -0.39 is 12.1 Å². The predicted octanol–water partition coefficient (Wildman–Crippen LogP) is 0.137. The van der Waals surface area contributed by atoms with Gasteiger partial charge in [0.25, 0.3) is 0 Å². The van der Waals surface area contributed by atoms with Gasteiger partial charge in [-0.3, -0.25) is 0 Å². The van der Waals surface area contributed by atoms with Gasteiger partial charge in [0.2, 0.25) is 0 Å². The summed E-state index contributed by atoms with van der Waals surface area (Å²) >= 11 is 0. The summed E-state index contributed by atoms with van der Waals surface area (Å²) in [6.45, 7) is 0.152. The average Bonchev–Trinajstić information content (AvgIpc) is 2.39. The zero-order chi connectivity index (χ0) is 15.4. The van der Waals surface area contributed by atoms with Crippen LogP contribution in [0.3, 0.4) is 0 Å². The molecule has 0 spiro atoms. The lowest BCUT2D eigenvalue weighted by Gasteiger charge is -2.47. The van der Waals surface area contributed by atoms with Crippen LogP contribution >= 0.6 is 0 Å². The molecule has 2 saturated heterocycles. The van der Waals surface area contributed by atoms with Crippen LogP contribution < -0.4 is 10.6 Å². The molecule has 2 aliphatic heterocycles. The zero-order valence-electron chi connectivity index (χ0n) is 12.4. The van der Waals surface area contributed by atoms with Crippen molar-refractivity contribution in [1.82, 2.24) is 15.5 Å². The average molecular weight is 299 g/mol. The van der Waals surface area contributed by atoms with E-state index in [4.69, 9.17) is 10.2 Å². The summed E-state index contributed by atoms with van der Waals surface area (Å²) in [5, 5.41) is 23.2. The number of aliphatic hydroxyl groups is 1. The van der Waals surface area contributed by atoms with E-state index in [2.05, 4.69) is 22.6 Å². The van der Waals surface area contributed by atoms with E-state index in [-0.39, 0.29) is 25.0 Å². The number of nitrogens with zero attached hydrogens (tertiary/aromatic N) is 1. The molecular formula is C14H25N3O4. The van der Waals surface area contributed by atoms with Crippen molar-refractivity contribution in [1.29, 1.82) is 0 Å². The van der Waals surface area contributed by atoms with Crippen LogP contribution in [0, 0.1) is 0 Å². The fraction of sp³-hybridized carbons (Fsp3) is 0.857. The smallest absolute Gasteiger partial charge is 0.332 e. The SMILES string of the molecule is CN1C2CCCC1CC(NC(=O)NCCC(O)C(=O)O)C2. The number of aliphatic carboxylic acids is 1. The summed E-state index contributed by atoms with van der Waals surface area (Å²) in [4.78, 5) is 24.7. The van der Waals surface area contributed by atoms with Gasteiger partial charge in [-0.1, -0.05) is 6.42 Å². The molecule has 3 unspecified atom stereocenters. The second-order valence-electron chi connectivity index (χ2n) is 6.12. The number of amides is 2. The first-order valence-corrected chi connectivity index (χ1v) is 7.64. The Bertz CT molecular complexity index is 376. The molecule has 2 rings (SSSR count). The summed E-state index contributed by atoms with van der Waals surface area (Å²) in [7, 11) is 2.16. The van der Waals surface area contributed by atoms with Crippen LogP contribution in [-0.4, -0.2) is 64.9 Å². The van der Waals surface area contributed by atoms with E-state index in [1.807, 2.05) is 0 Å². The Labute approximate surface area is 124 Å². The first-order chi connectivity index (χ1) is 9.97.